The summed E-state index contributed by atoms with van der Waals surface area (Å²) in [5.74, 6) is -1.17. The summed E-state index contributed by atoms with van der Waals surface area (Å²) in [5.41, 5.74) is 0.929. The summed E-state index contributed by atoms with van der Waals surface area (Å²) in [4.78, 5) is 23.4. The Balaban J connectivity index is 2.07. The Morgan fingerprint density at radius 3 is 2.50 bits per heavy atom. The molecule has 0 aliphatic carbocycles. The molecule has 1 aliphatic rings. The van der Waals surface area contributed by atoms with E-state index in [1.165, 1.54) is 0 Å². The lowest BCUT2D eigenvalue weighted by Gasteiger charge is -2.24. The van der Waals surface area contributed by atoms with Crippen LogP contribution in [0.15, 0.2) is 30.3 Å². The summed E-state index contributed by atoms with van der Waals surface area (Å²) >= 11 is 0. The van der Waals surface area contributed by atoms with Crippen LogP contribution in [0.3, 0.4) is 0 Å². The van der Waals surface area contributed by atoms with E-state index in [9.17, 15) is 14.7 Å². The predicted molar refractivity (Wildman–Crippen MR) is 70.4 cm³/mol. The van der Waals surface area contributed by atoms with Crippen LogP contribution in [0.5, 0.6) is 0 Å². The van der Waals surface area contributed by atoms with Crippen LogP contribution in [0.25, 0.3) is 0 Å². The first-order chi connectivity index (χ1) is 9.50. The number of hydrogen-bond donors (Lipinski definition) is 2. The van der Waals surface area contributed by atoms with Gasteiger partial charge < -0.3 is 14.9 Å². The molecule has 6 nitrogen and oxygen atoms in total. The molecule has 1 heterocycles. The molecule has 0 spiro atoms. The number of rotatable bonds is 4. The van der Waals surface area contributed by atoms with E-state index in [-0.39, 0.29) is 12.6 Å². The van der Waals surface area contributed by atoms with E-state index in [0.29, 0.717) is 6.42 Å². The van der Waals surface area contributed by atoms with E-state index in [0.717, 1.165) is 10.5 Å². The minimum absolute atomic E-state index is 0.273. The molecule has 1 amide bonds. The monoisotopic (exact) mass is 279 g/mol. The van der Waals surface area contributed by atoms with Crippen LogP contribution < -0.4 is 0 Å². The van der Waals surface area contributed by atoms with Crippen LogP contribution in [-0.2, 0) is 16.1 Å². The predicted octanol–water partition coefficient (Wildman–Crippen LogP) is 1.80. The van der Waals surface area contributed by atoms with Crippen molar-refractivity contribution < 1.29 is 24.5 Å². The Morgan fingerprint density at radius 2 is 1.95 bits per heavy atom. The minimum Gasteiger partial charge on any atom is -0.480 e. The van der Waals surface area contributed by atoms with Gasteiger partial charge in [0, 0.05) is 6.04 Å². The van der Waals surface area contributed by atoms with Gasteiger partial charge in [0.05, 0.1) is 12.7 Å². The minimum atomic E-state index is -1.23. The van der Waals surface area contributed by atoms with Gasteiger partial charge in [-0.25, -0.2) is 9.59 Å². The molecule has 1 fully saturated rings. The highest BCUT2D eigenvalue weighted by Gasteiger charge is 2.47. The summed E-state index contributed by atoms with van der Waals surface area (Å²) in [6.45, 7) is 1.96. The van der Waals surface area contributed by atoms with E-state index in [2.05, 4.69) is 0 Å². The van der Waals surface area contributed by atoms with E-state index in [1.54, 1.807) is 6.92 Å². The fraction of sp³-hybridized carbons (Fsp3) is 0.429. The maximum Gasteiger partial charge on any atom is 0.408 e. The lowest BCUT2D eigenvalue weighted by atomic mass is 10.1. The molecule has 0 saturated carbocycles. The van der Waals surface area contributed by atoms with Crippen molar-refractivity contribution in [3.05, 3.63) is 35.9 Å². The molecule has 6 heteroatoms. The van der Waals surface area contributed by atoms with Gasteiger partial charge in [-0.05, 0) is 18.9 Å². The van der Waals surface area contributed by atoms with Crippen molar-refractivity contribution in [2.24, 2.45) is 0 Å². The molecular formula is C14H17NO5. The zero-order valence-corrected chi connectivity index (χ0v) is 11.1. The molecule has 0 bridgehead atoms. The topological polar surface area (TPSA) is 87.1 Å². The fourth-order valence-corrected chi connectivity index (χ4v) is 2.55. The zero-order valence-electron chi connectivity index (χ0n) is 11.1. The average molecular weight is 279 g/mol. The zero-order chi connectivity index (χ0) is 14.7. The second-order valence-electron chi connectivity index (χ2n) is 4.89. The summed E-state index contributed by atoms with van der Waals surface area (Å²) < 4.78 is 5.63. The van der Waals surface area contributed by atoms with Crippen LogP contribution in [-0.4, -0.2) is 45.4 Å². The highest BCUT2D eigenvalue weighted by Crippen LogP contribution is 2.28. The Hall–Kier alpha value is -2.08. The summed E-state index contributed by atoms with van der Waals surface area (Å²) in [5, 5.41) is 18.3. The number of likely N-dealkylation sites (tertiary alicyclic amines) is 1. The van der Waals surface area contributed by atoms with Gasteiger partial charge in [0.1, 0.15) is 0 Å². The van der Waals surface area contributed by atoms with E-state index < -0.39 is 24.2 Å². The molecule has 0 radical (unpaired) electrons. The number of benzene rings is 1. The largest absolute Gasteiger partial charge is 0.480 e. The smallest absolute Gasteiger partial charge is 0.408 e. The number of carboxylic acids is 1. The SMILES string of the molecule is C[C@@H]1CC(OCc2ccccc2)C(C(=O)O)N1C(=O)O. The maximum atomic E-state index is 11.3. The molecule has 2 unspecified atom stereocenters. The van der Waals surface area contributed by atoms with E-state index >= 15 is 0 Å². The van der Waals surface area contributed by atoms with Crippen molar-refractivity contribution in [1.29, 1.82) is 0 Å². The molecule has 108 valence electrons. The van der Waals surface area contributed by atoms with Crippen molar-refractivity contribution in [2.75, 3.05) is 0 Å². The summed E-state index contributed by atoms with van der Waals surface area (Å²) in [7, 11) is 0. The van der Waals surface area contributed by atoms with Crippen LogP contribution >= 0.6 is 0 Å². The number of carbonyl (C=O) groups is 2. The number of amides is 1. The molecule has 3 atom stereocenters. The summed E-state index contributed by atoms with van der Waals surface area (Å²) in [6.07, 6.45) is -1.47. The van der Waals surface area contributed by atoms with Crippen LogP contribution in [0.4, 0.5) is 4.79 Å². The number of hydrogen-bond acceptors (Lipinski definition) is 3. The van der Waals surface area contributed by atoms with Gasteiger partial charge in [0.2, 0.25) is 0 Å². The molecule has 2 rings (SSSR count). The summed E-state index contributed by atoms with van der Waals surface area (Å²) in [6, 6.07) is 7.86. The average Bonchev–Trinajstić information content (AvgIpc) is 2.74. The molecule has 1 saturated heterocycles. The van der Waals surface area contributed by atoms with Gasteiger partial charge in [-0.1, -0.05) is 30.3 Å². The third-order valence-corrected chi connectivity index (χ3v) is 3.48. The first kappa shape index (κ1) is 14.3. The number of carboxylic acid groups (broad SMARTS) is 2. The molecule has 1 aliphatic heterocycles. The van der Waals surface area contributed by atoms with Crippen molar-refractivity contribution in [3.8, 4) is 0 Å². The maximum absolute atomic E-state index is 11.3. The van der Waals surface area contributed by atoms with E-state index in [1.807, 2.05) is 30.3 Å². The van der Waals surface area contributed by atoms with Crippen LogP contribution in [0, 0.1) is 0 Å². The molecule has 20 heavy (non-hydrogen) atoms. The highest BCUT2D eigenvalue weighted by molar-refractivity contribution is 5.81. The van der Waals surface area contributed by atoms with Crippen molar-refractivity contribution in [1.82, 2.24) is 4.90 Å². The van der Waals surface area contributed by atoms with Gasteiger partial charge in [-0.15, -0.1) is 0 Å². The third kappa shape index (κ3) is 2.91. The lowest BCUT2D eigenvalue weighted by Crippen LogP contribution is -2.47. The molecule has 2 N–H and O–H groups in total. The van der Waals surface area contributed by atoms with E-state index in [4.69, 9.17) is 9.84 Å². The van der Waals surface area contributed by atoms with Gasteiger partial charge in [0.25, 0.3) is 0 Å². The Kier molecular flexibility index (Phi) is 4.24. The van der Waals surface area contributed by atoms with Gasteiger partial charge >= 0.3 is 12.1 Å². The molecule has 1 aromatic carbocycles. The number of nitrogens with zero attached hydrogens (tertiary/aromatic N) is 1. The van der Waals surface area contributed by atoms with Crippen molar-refractivity contribution in [3.63, 3.8) is 0 Å². The van der Waals surface area contributed by atoms with Crippen LogP contribution in [0.2, 0.25) is 0 Å². The van der Waals surface area contributed by atoms with Crippen LogP contribution in [0.1, 0.15) is 18.9 Å². The highest BCUT2D eigenvalue weighted by atomic mass is 16.5. The fourth-order valence-electron chi connectivity index (χ4n) is 2.55. The Labute approximate surface area is 116 Å². The van der Waals surface area contributed by atoms with Gasteiger partial charge in [-0.3, -0.25) is 4.90 Å². The van der Waals surface area contributed by atoms with Gasteiger partial charge in [-0.2, -0.15) is 0 Å². The molecule has 1 aromatic rings. The van der Waals surface area contributed by atoms with Gasteiger partial charge in [0.15, 0.2) is 6.04 Å². The Morgan fingerprint density at radius 1 is 1.30 bits per heavy atom. The third-order valence-electron chi connectivity index (χ3n) is 3.48. The second-order valence-corrected chi connectivity index (χ2v) is 4.89. The van der Waals surface area contributed by atoms with Crippen molar-refractivity contribution >= 4 is 12.1 Å². The molecular weight excluding hydrogens is 262 g/mol. The number of ether oxygens (including phenoxy) is 1. The molecule has 0 aromatic heterocycles. The van der Waals surface area contributed by atoms with Crippen molar-refractivity contribution in [2.45, 2.75) is 38.1 Å². The first-order valence-corrected chi connectivity index (χ1v) is 6.40. The second kappa shape index (κ2) is 5.92. The Bertz CT molecular complexity index is 490. The quantitative estimate of drug-likeness (QED) is 0.877. The number of aliphatic carboxylic acids is 1. The first-order valence-electron chi connectivity index (χ1n) is 6.40. The standard InChI is InChI=1S/C14H17NO5/c1-9-7-11(12(13(16)17)15(9)14(18)19)20-8-10-5-3-2-4-6-10/h2-6,9,11-12H,7-8H2,1H3,(H,16,17)(H,18,19)/t9-,11?,12?/m1/s1. The lowest BCUT2D eigenvalue weighted by molar-refractivity contribution is -0.146. The normalized spacial score (nSPS) is 25.6.